The molecule has 1 aliphatic rings. The van der Waals surface area contributed by atoms with E-state index in [-0.39, 0.29) is 12.1 Å². The molecule has 0 amide bonds. The number of nitrogens with two attached hydrogens (primary N) is 1. The number of rotatable bonds is 4. The summed E-state index contributed by atoms with van der Waals surface area (Å²) in [6, 6.07) is 0.0208. The van der Waals surface area contributed by atoms with Crippen molar-refractivity contribution in [2.75, 3.05) is 7.11 Å². The Balaban J connectivity index is 2.45. The first-order valence-electron chi connectivity index (χ1n) is 4.10. The SMILES string of the molecule is C=C(C)C(N)C(OC)C1CC1. The molecular weight excluding hydrogens is 138 g/mol. The van der Waals surface area contributed by atoms with Gasteiger partial charge in [0, 0.05) is 7.11 Å². The monoisotopic (exact) mass is 155 g/mol. The number of ether oxygens (including phenoxy) is 1. The van der Waals surface area contributed by atoms with Crippen LogP contribution in [0.2, 0.25) is 0 Å². The van der Waals surface area contributed by atoms with Crippen LogP contribution < -0.4 is 5.73 Å². The molecule has 0 spiro atoms. The summed E-state index contributed by atoms with van der Waals surface area (Å²) in [6.45, 7) is 5.79. The van der Waals surface area contributed by atoms with E-state index >= 15 is 0 Å². The van der Waals surface area contributed by atoms with Gasteiger partial charge in [0.2, 0.25) is 0 Å². The van der Waals surface area contributed by atoms with E-state index in [0.717, 1.165) is 5.57 Å². The molecule has 0 aromatic carbocycles. The molecule has 2 unspecified atom stereocenters. The maximum absolute atomic E-state index is 5.89. The predicted molar refractivity (Wildman–Crippen MR) is 46.3 cm³/mol. The highest BCUT2D eigenvalue weighted by Crippen LogP contribution is 2.36. The van der Waals surface area contributed by atoms with Crippen LogP contribution in [0.25, 0.3) is 0 Å². The molecule has 2 atom stereocenters. The molecule has 1 saturated carbocycles. The third-order valence-corrected chi connectivity index (χ3v) is 2.28. The molecule has 2 nitrogen and oxygen atoms in total. The molecular formula is C9H17NO. The Labute approximate surface area is 68.4 Å². The van der Waals surface area contributed by atoms with E-state index in [0.29, 0.717) is 5.92 Å². The Morgan fingerprint density at radius 2 is 2.18 bits per heavy atom. The van der Waals surface area contributed by atoms with Gasteiger partial charge in [0.1, 0.15) is 0 Å². The lowest BCUT2D eigenvalue weighted by molar-refractivity contribution is 0.0717. The summed E-state index contributed by atoms with van der Waals surface area (Å²) in [7, 11) is 1.73. The molecule has 0 heterocycles. The highest BCUT2D eigenvalue weighted by Gasteiger charge is 2.35. The third-order valence-electron chi connectivity index (χ3n) is 2.28. The first-order valence-corrected chi connectivity index (χ1v) is 4.10. The quantitative estimate of drug-likeness (QED) is 0.621. The molecule has 0 aromatic heterocycles. The summed E-state index contributed by atoms with van der Waals surface area (Å²) < 4.78 is 5.31. The molecule has 1 aliphatic carbocycles. The molecule has 1 rings (SSSR count). The van der Waals surface area contributed by atoms with Gasteiger partial charge in [0.05, 0.1) is 12.1 Å². The normalized spacial score (nSPS) is 22.8. The van der Waals surface area contributed by atoms with Gasteiger partial charge in [0.25, 0.3) is 0 Å². The average Bonchev–Trinajstić information content (AvgIpc) is 2.72. The second-order valence-corrected chi connectivity index (χ2v) is 3.41. The first-order chi connectivity index (χ1) is 5.16. The summed E-state index contributed by atoms with van der Waals surface area (Å²) in [5, 5.41) is 0. The van der Waals surface area contributed by atoms with Crippen molar-refractivity contribution in [3.05, 3.63) is 12.2 Å². The Hall–Kier alpha value is -0.340. The Morgan fingerprint density at radius 1 is 1.64 bits per heavy atom. The van der Waals surface area contributed by atoms with Crippen molar-refractivity contribution in [2.24, 2.45) is 11.7 Å². The largest absolute Gasteiger partial charge is 0.379 e. The van der Waals surface area contributed by atoms with E-state index in [1.807, 2.05) is 6.92 Å². The lowest BCUT2D eigenvalue weighted by Gasteiger charge is -2.22. The Morgan fingerprint density at radius 3 is 2.45 bits per heavy atom. The van der Waals surface area contributed by atoms with Crippen LogP contribution in [0.15, 0.2) is 12.2 Å². The van der Waals surface area contributed by atoms with E-state index < -0.39 is 0 Å². The third kappa shape index (κ3) is 2.04. The van der Waals surface area contributed by atoms with Gasteiger partial charge in [-0.05, 0) is 25.7 Å². The van der Waals surface area contributed by atoms with Crippen LogP contribution in [0.5, 0.6) is 0 Å². The molecule has 64 valence electrons. The van der Waals surface area contributed by atoms with Crippen molar-refractivity contribution < 1.29 is 4.74 Å². The predicted octanol–water partition coefficient (Wildman–Crippen LogP) is 1.31. The summed E-state index contributed by atoms with van der Waals surface area (Å²) in [5.41, 5.74) is 6.91. The van der Waals surface area contributed by atoms with Crippen LogP contribution in [0.4, 0.5) is 0 Å². The summed E-state index contributed by atoms with van der Waals surface area (Å²) in [4.78, 5) is 0. The van der Waals surface area contributed by atoms with Crippen LogP contribution in [0, 0.1) is 5.92 Å². The van der Waals surface area contributed by atoms with E-state index in [1.54, 1.807) is 7.11 Å². The molecule has 2 heteroatoms. The zero-order chi connectivity index (χ0) is 8.43. The van der Waals surface area contributed by atoms with E-state index in [1.165, 1.54) is 12.8 Å². The zero-order valence-corrected chi connectivity index (χ0v) is 7.34. The minimum absolute atomic E-state index is 0.0208. The van der Waals surface area contributed by atoms with Gasteiger partial charge in [-0.15, -0.1) is 0 Å². The molecule has 11 heavy (non-hydrogen) atoms. The van der Waals surface area contributed by atoms with Crippen molar-refractivity contribution in [3.63, 3.8) is 0 Å². The van der Waals surface area contributed by atoms with Gasteiger partial charge >= 0.3 is 0 Å². The lowest BCUT2D eigenvalue weighted by Crippen LogP contribution is -2.38. The van der Waals surface area contributed by atoms with Gasteiger partial charge in [-0.1, -0.05) is 12.2 Å². The van der Waals surface area contributed by atoms with Crippen molar-refractivity contribution in [1.29, 1.82) is 0 Å². The topological polar surface area (TPSA) is 35.2 Å². The number of hydrogen-bond donors (Lipinski definition) is 1. The van der Waals surface area contributed by atoms with Crippen LogP contribution in [-0.4, -0.2) is 19.3 Å². The smallest absolute Gasteiger partial charge is 0.0788 e. The minimum atomic E-state index is 0.0208. The Kier molecular flexibility index (Phi) is 2.68. The van der Waals surface area contributed by atoms with Crippen LogP contribution in [0.3, 0.4) is 0 Å². The molecule has 0 radical (unpaired) electrons. The lowest BCUT2D eigenvalue weighted by atomic mass is 10.0. The van der Waals surface area contributed by atoms with Crippen molar-refractivity contribution in [2.45, 2.75) is 31.9 Å². The second-order valence-electron chi connectivity index (χ2n) is 3.41. The molecule has 0 aliphatic heterocycles. The van der Waals surface area contributed by atoms with Crippen molar-refractivity contribution in [3.8, 4) is 0 Å². The van der Waals surface area contributed by atoms with E-state index in [4.69, 9.17) is 10.5 Å². The fourth-order valence-electron chi connectivity index (χ4n) is 1.34. The number of methoxy groups -OCH3 is 1. The van der Waals surface area contributed by atoms with Gasteiger partial charge in [-0.3, -0.25) is 0 Å². The average molecular weight is 155 g/mol. The molecule has 0 aromatic rings. The van der Waals surface area contributed by atoms with Crippen LogP contribution >= 0.6 is 0 Å². The van der Waals surface area contributed by atoms with Crippen LogP contribution in [0.1, 0.15) is 19.8 Å². The van der Waals surface area contributed by atoms with Crippen molar-refractivity contribution in [1.82, 2.24) is 0 Å². The zero-order valence-electron chi connectivity index (χ0n) is 7.34. The Bertz CT molecular complexity index is 152. The van der Waals surface area contributed by atoms with E-state index in [9.17, 15) is 0 Å². The fourth-order valence-corrected chi connectivity index (χ4v) is 1.34. The molecule has 1 fully saturated rings. The maximum Gasteiger partial charge on any atom is 0.0788 e. The van der Waals surface area contributed by atoms with Crippen LogP contribution in [-0.2, 0) is 4.74 Å². The number of hydrogen-bond acceptors (Lipinski definition) is 2. The van der Waals surface area contributed by atoms with E-state index in [2.05, 4.69) is 6.58 Å². The highest BCUT2D eigenvalue weighted by atomic mass is 16.5. The summed E-state index contributed by atoms with van der Waals surface area (Å²) in [5.74, 6) is 0.687. The molecule has 0 saturated heterocycles. The fraction of sp³-hybridized carbons (Fsp3) is 0.778. The van der Waals surface area contributed by atoms with Gasteiger partial charge in [-0.25, -0.2) is 0 Å². The maximum atomic E-state index is 5.89. The first kappa shape index (κ1) is 8.75. The molecule has 2 N–H and O–H groups in total. The van der Waals surface area contributed by atoms with Gasteiger partial charge < -0.3 is 10.5 Å². The van der Waals surface area contributed by atoms with Crippen molar-refractivity contribution >= 4 is 0 Å². The molecule has 0 bridgehead atoms. The standard InChI is InChI=1S/C9H17NO/c1-6(2)8(10)9(11-3)7-4-5-7/h7-9H,1,4-5,10H2,2-3H3. The summed E-state index contributed by atoms with van der Waals surface area (Å²) in [6.07, 6.45) is 2.73. The van der Waals surface area contributed by atoms with Gasteiger partial charge in [0.15, 0.2) is 0 Å². The highest BCUT2D eigenvalue weighted by molar-refractivity contribution is 5.06. The minimum Gasteiger partial charge on any atom is -0.379 e. The second kappa shape index (κ2) is 3.37. The van der Waals surface area contributed by atoms with Gasteiger partial charge in [-0.2, -0.15) is 0 Å². The summed E-state index contributed by atoms with van der Waals surface area (Å²) >= 11 is 0.